The SMILES string of the molecule is O=C(/C=C/c1ccccc1)Nc1ccccc1C(=O)N/N=C\c1ccc(F)cc1. The predicted molar refractivity (Wildman–Crippen MR) is 112 cm³/mol. The summed E-state index contributed by atoms with van der Waals surface area (Å²) in [5.74, 6) is -1.19. The van der Waals surface area contributed by atoms with E-state index in [1.807, 2.05) is 30.3 Å². The fourth-order valence-electron chi connectivity index (χ4n) is 2.48. The molecule has 3 aromatic rings. The molecule has 0 saturated heterocycles. The van der Waals surface area contributed by atoms with E-state index in [2.05, 4.69) is 15.8 Å². The van der Waals surface area contributed by atoms with Crippen LogP contribution < -0.4 is 10.7 Å². The van der Waals surface area contributed by atoms with Crippen LogP contribution in [0.4, 0.5) is 10.1 Å². The monoisotopic (exact) mass is 387 g/mol. The van der Waals surface area contributed by atoms with Gasteiger partial charge in [-0.05, 0) is 41.5 Å². The zero-order valence-corrected chi connectivity index (χ0v) is 15.4. The molecule has 0 atom stereocenters. The van der Waals surface area contributed by atoms with Crippen molar-refractivity contribution in [2.75, 3.05) is 5.32 Å². The third kappa shape index (κ3) is 5.97. The van der Waals surface area contributed by atoms with Crippen LogP contribution in [-0.4, -0.2) is 18.0 Å². The summed E-state index contributed by atoms with van der Waals surface area (Å²) < 4.78 is 12.9. The van der Waals surface area contributed by atoms with Crippen molar-refractivity contribution < 1.29 is 14.0 Å². The molecule has 3 aromatic carbocycles. The smallest absolute Gasteiger partial charge is 0.273 e. The quantitative estimate of drug-likeness (QED) is 0.377. The lowest BCUT2D eigenvalue weighted by Gasteiger charge is -2.08. The Balaban J connectivity index is 1.64. The molecule has 3 rings (SSSR count). The Morgan fingerprint density at radius 2 is 1.52 bits per heavy atom. The molecule has 0 aliphatic rings. The summed E-state index contributed by atoms with van der Waals surface area (Å²) in [6.07, 6.45) is 4.49. The second-order valence-electron chi connectivity index (χ2n) is 6.03. The van der Waals surface area contributed by atoms with Gasteiger partial charge < -0.3 is 5.32 Å². The van der Waals surface area contributed by atoms with E-state index in [-0.39, 0.29) is 17.3 Å². The minimum Gasteiger partial charge on any atom is -0.322 e. The Labute approximate surface area is 167 Å². The van der Waals surface area contributed by atoms with Crippen molar-refractivity contribution in [1.29, 1.82) is 0 Å². The first-order valence-corrected chi connectivity index (χ1v) is 8.84. The van der Waals surface area contributed by atoms with Crippen LogP contribution in [0.15, 0.2) is 90.0 Å². The highest BCUT2D eigenvalue weighted by Crippen LogP contribution is 2.15. The van der Waals surface area contributed by atoms with E-state index in [0.717, 1.165) is 5.56 Å². The maximum absolute atomic E-state index is 12.9. The van der Waals surface area contributed by atoms with Gasteiger partial charge in [0.1, 0.15) is 5.82 Å². The van der Waals surface area contributed by atoms with E-state index in [1.165, 1.54) is 36.6 Å². The first-order chi connectivity index (χ1) is 14.1. The summed E-state index contributed by atoms with van der Waals surface area (Å²) >= 11 is 0. The summed E-state index contributed by atoms with van der Waals surface area (Å²) in [5.41, 5.74) is 4.57. The van der Waals surface area contributed by atoms with Gasteiger partial charge in [-0.15, -0.1) is 0 Å². The van der Waals surface area contributed by atoms with Crippen molar-refractivity contribution >= 4 is 29.8 Å². The van der Waals surface area contributed by atoms with Crippen LogP contribution in [0.25, 0.3) is 6.08 Å². The van der Waals surface area contributed by atoms with Crippen LogP contribution >= 0.6 is 0 Å². The number of hydrogen-bond donors (Lipinski definition) is 2. The molecule has 0 aromatic heterocycles. The highest BCUT2D eigenvalue weighted by Gasteiger charge is 2.11. The molecule has 6 heteroatoms. The predicted octanol–water partition coefficient (Wildman–Crippen LogP) is 4.24. The largest absolute Gasteiger partial charge is 0.322 e. The van der Waals surface area contributed by atoms with Gasteiger partial charge in [-0.1, -0.05) is 54.6 Å². The van der Waals surface area contributed by atoms with E-state index in [0.29, 0.717) is 11.3 Å². The zero-order valence-electron chi connectivity index (χ0n) is 15.4. The molecule has 0 aliphatic carbocycles. The number of carbonyl (C=O) groups is 2. The van der Waals surface area contributed by atoms with Crippen LogP contribution in [0.1, 0.15) is 21.5 Å². The Morgan fingerprint density at radius 3 is 2.28 bits per heavy atom. The van der Waals surface area contributed by atoms with Crippen molar-refractivity contribution in [3.8, 4) is 0 Å². The van der Waals surface area contributed by atoms with E-state index in [1.54, 1.807) is 30.3 Å². The van der Waals surface area contributed by atoms with Crippen LogP contribution in [0, 0.1) is 5.82 Å². The summed E-state index contributed by atoms with van der Waals surface area (Å²) in [6.45, 7) is 0. The first kappa shape index (κ1) is 19.7. The highest BCUT2D eigenvalue weighted by atomic mass is 19.1. The normalized spacial score (nSPS) is 10.9. The molecule has 5 nitrogen and oxygen atoms in total. The lowest BCUT2D eigenvalue weighted by Crippen LogP contribution is -2.20. The number of nitrogens with zero attached hydrogens (tertiary/aromatic N) is 1. The van der Waals surface area contributed by atoms with Crippen LogP contribution in [0.3, 0.4) is 0 Å². The molecule has 2 amide bonds. The van der Waals surface area contributed by atoms with Crippen LogP contribution in [-0.2, 0) is 4.79 Å². The number of nitrogens with one attached hydrogen (secondary N) is 2. The third-order valence-corrected chi connectivity index (χ3v) is 3.91. The Hall–Kier alpha value is -4.06. The molecule has 0 radical (unpaired) electrons. The summed E-state index contributed by atoms with van der Waals surface area (Å²) in [5, 5.41) is 6.57. The lowest BCUT2D eigenvalue weighted by molar-refractivity contribution is -0.111. The summed E-state index contributed by atoms with van der Waals surface area (Å²) in [6, 6.07) is 21.7. The number of amides is 2. The van der Waals surface area contributed by atoms with E-state index in [4.69, 9.17) is 0 Å². The Bertz CT molecular complexity index is 1050. The minimum absolute atomic E-state index is 0.269. The molecule has 29 heavy (non-hydrogen) atoms. The number of hydrogen-bond acceptors (Lipinski definition) is 3. The van der Waals surface area contributed by atoms with Crippen LogP contribution in [0.5, 0.6) is 0 Å². The van der Waals surface area contributed by atoms with Gasteiger partial charge in [-0.25, -0.2) is 9.82 Å². The maximum Gasteiger partial charge on any atom is 0.273 e. The molecule has 0 unspecified atom stereocenters. The van der Waals surface area contributed by atoms with Gasteiger partial charge in [0.2, 0.25) is 5.91 Å². The van der Waals surface area contributed by atoms with E-state index in [9.17, 15) is 14.0 Å². The van der Waals surface area contributed by atoms with E-state index >= 15 is 0 Å². The number of rotatable bonds is 6. The third-order valence-electron chi connectivity index (χ3n) is 3.91. The zero-order chi connectivity index (χ0) is 20.5. The average molecular weight is 387 g/mol. The fourth-order valence-corrected chi connectivity index (χ4v) is 2.48. The fraction of sp³-hybridized carbons (Fsp3) is 0. The standard InChI is InChI=1S/C23H18FN3O2/c24-19-13-10-18(11-14-19)16-25-27-23(29)20-8-4-5-9-21(20)26-22(28)15-12-17-6-2-1-3-7-17/h1-16H,(H,26,28)(H,27,29)/b15-12+,25-16-. The van der Waals surface area contributed by atoms with Gasteiger partial charge >= 0.3 is 0 Å². The molecule has 2 N–H and O–H groups in total. The second kappa shape index (κ2) is 9.75. The summed E-state index contributed by atoms with van der Waals surface area (Å²) in [4.78, 5) is 24.6. The van der Waals surface area contributed by atoms with Crippen LogP contribution in [0.2, 0.25) is 0 Å². The molecular weight excluding hydrogens is 369 g/mol. The van der Waals surface area contributed by atoms with Gasteiger partial charge in [0.25, 0.3) is 5.91 Å². The number of benzene rings is 3. The van der Waals surface area contributed by atoms with Gasteiger partial charge in [-0.2, -0.15) is 5.10 Å². The first-order valence-electron chi connectivity index (χ1n) is 8.84. The number of halogens is 1. The maximum atomic E-state index is 12.9. The van der Waals surface area contributed by atoms with Gasteiger partial charge in [0, 0.05) is 6.08 Å². The van der Waals surface area contributed by atoms with Crippen molar-refractivity contribution in [3.05, 3.63) is 107 Å². The van der Waals surface area contributed by atoms with Gasteiger partial charge in [0.05, 0.1) is 17.5 Å². The molecular formula is C23H18FN3O2. The molecule has 0 fully saturated rings. The number of carbonyl (C=O) groups excluding carboxylic acids is 2. The van der Waals surface area contributed by atoms with Gasteiger partial charge in [-0.3, -0.25) is 9.59 Å². The Kier molecular flexibility index (Phi) is 6.62. The molecule has 0 spiro atoms. The minimum atomic E-state index is -0.480. The van der Waals surface area contributed by atoms with Crippen molar-refractivity contribution in [2.24, 2.45) is 5.10 Å². The highest BCUT2D eigenvalue weighted by molar-refractivity contribution is 6.07. The van der Waals surface area contributed by atoms with Crippen molar-refractivity contribution in [1.82, 2.24) is 5.43 Å². The van der Waals surface area contributed by atoms with Crippen molar-refractivity contribution in [2.45, 2.75) is 0 Å². The number of anilines is 1. The second-order valence-corrected chi connectivity index (χ2v) is 6.03. The topological polar surface area (TPSA) is 70.6 Å². The molecule has 0 bridgehead atoms. The average Bonchev–Trinajstić information content (AvgIpc) is 2.75. The van der Waals surface area contributed by atoms with E-state index < -0.39 is 5.91 Å². The Morgan fingerprint density at radius 1 is 0.828 bits per heavy atom. The number of hydrazone groups is 1. The molecule has 0 aliphatic heterocycles. The molecule has 0 heterocycles. The lowest BCUT2D eigenvalue weighted by atomic mass is 10.1. The van der Waals surface area contributed by atoms with Crippen molar-refractivity contribution in [3.63, 3.8) is 0 Å². The number of para-hydroxylation sites is 1. The van der Waals surface area contributed by atoms with Gasteiger partial charge in [0.15, 0.2) is 0 Å². The molecule has 144 valence electrons. The summed E-state index contributed by atoms with van der Waals surface area (Å²) in [7, 11) is 0. The molecule has 0 saturated carbocycles.